The van der Waals surface area contributed by atoms with Gasteiger partial charge in [0.15, 0.2) is 6.29 Å². The molecule has 0 bridgehead atoms. The number of carbonyl (C=O) groups excluding carboxylic acids is 1. The van der Waals surface area contributed by atoms with Crippen LogP contribution in [0, 0.1) is 39.4 Å². The maximum Gasteiger partial charge on any atom is 0.344 e. The molecular weight excluding hydrogens is 537 g/mol. The van der Waals surface area contributed by atoms with Crippen molar-refractivity contribution in [2.75, 3.05) is 18.9 Å². The predicted octanol–water partition coefficient (Wildman–Crippen LogP) is 8.24. The normalized spacial score (nSPS) is 17.9. The van der Waals surface area contributed by atoms with E-state index in [2.05, 4.69) is 25.6 Å². The van der Waals surface area contributed by atoms with E-state index in [0.717, 1.165) is 58.2 Å². The molecule has 41 heavy (non-hydrogen) atoms. The van der Waals surface area contributed by atoms with Crippen LogP contribution in [-0.2, 0) is 15.9 Å². The minimum absolute atomic E-state index is 0.197. The summed E-state index contributed by atoms with van der Waals surface area (Å²) in [6.07, 6.45) is 3.46. The molecule has 2 N–H and O–H groups in total. The Hall–Kier alpha value is -2.87. The second-order valence-corrected chi connectivity index (χ2v) is 12.2. The lowest BCUT2D eigenvalue weighted by Gasteiger charge is -2.30. The fraction of sp³-hybridized carbons (Fsp3) is 0.441. The molecule has 0 aromatic heterocycles. The average Bonchev–Trinajstić information content (AvgIpc) is 2.91. The molecule has 3 aromatic carbocycles. The second-order valence-electron chi connectivity index (χ2n) is 11.4. The van der Waals surface area contributed by atoms with Crippen molar-refractivity contribution in [1.29, 1.82) is 0 Å². The molecule has 0 amide bonds. The molecule has 1 heterocycles. The molecule has 1 fully saturated rings. The first-order valence-electron chi connectivity index (χ1n) is 14.4. The zero-order valence-electron chi connectivity index (χ0n) is 25.0. The van der Waals surface area contributed by atoms with E-state index in [0.29, 0.717) is 47.6 Å². The Balaban J connectivity index is 1.53. The van der Waals surface area contributed by atoms with Gasteiger partial charge in [-0.25, -0.2) is 9.18 Å². The van der Waals surface area contributed by atoms with Gasteiger partial charge < -0.3 is 19.9 Å². The lowest BCUT2D eigenvalue weighted by molar-refractivity contribution is -0.206. The van der Waals surface area contributed by atoms with Crippen molar-refractivity contribution in [3.63, 3.8) is 0 Å². The SMILES string of the molecule is CCc1cc(-c2c(C)cc(C3OCC(CCCC(C)S)CO3)cc2N)cc(C)c1C(=O)Oc1cc(C)c(C)c(F)c1. The Kier molecular flexibility index (Phi) is 10.2. The number of hydrogen-bond acceptors (Lipinski definition) is 6. The number of nitrogens with two attached hydrogens (primary N) is 1. The van der Waals surface area contributed by atoms with Crippen LogP contribution in [0.15, 0.2) is 36.4 Å². The first kappa shape index (κ1) is 31.1. The van der Waals surface area contributed by atoms with Crippen LogP contribution < -0.4 is 10.5 Å². The molecule has 1 saturated heterocycles. The molecule has 0 radical (unpaired) electrons. The van der Waals surface area contributed by atoms with E-state index < -0.39 is 18.1 Å². The highest BCUT2D eigenvalue weighted by Gasteiger charge is 2.25. The third-order valence-corrected chi connectivity index (χ3v) is 8.20. The topological polar surface area (TPSA) is 70.8 Å². The minimum Gasteiger partial charge on any atom is -0.423 e. The third-order valence-electron chi connectivity index (χ3n) is 7.94. The van der Waals surface area contributed by atoms with Crippen molar-refractivity contribution in [3.8, 4) is 16.9 Å². The van der Waals surface area contributed by atoms with Gasteiger partial charge in [0.05, 0.1) is 18.8 Å². The van der Waals surface area contributed by atoms with Crippen molar-refractivity contribution in [2.45, 2.75) is 78.8 Å². The predicted molar refractivity (Wildman–Crippen MR) is 166 cm³/mol. The summed E-state index contributed by atoms with van der Waals surface area (Å²) in [7, 11) is 0. The average molecular weight is 580 g/mol. The maximum atomic E-state index is 14.2. The van der Waals surface area contributed by atoms with Gasteiger partial charge in [0.25, 0.3) is 0 Å². The summed E-state index contributed by atoms with van der Waals surface area (Å²) in [5.41, 5.74) is 14.4. The highest BCUT2D eigenvalue weighted by Crippen LogP contribution is 2.37. The van der Waals surface area contributed by atoms with Crippen LogP contribution in [0.4, 0.5) is 10.1 Å². The molecule has 1 aliphatic rings. The lowest BCUT2D eigenvalue weighted by atomic mass is 9.90. The molecule has 220 valence electrons. The van der Waals surface area contributed by atoms with Crippen LogP contribution >= 0.6 is 12.6 Å². The molecule has 5 nitrogen and oxygen atoms in total. The van der Waals surface area contributed by atoms with E-state index in [9.17, 15) is 9.18 Å². The molecule has 0 aliphatic carbocycles. The fourth-order valence-electron chi connectivity index (χ4n) is 5.56. The number of esters is 1. The summed E-state index contributed by atoms with van der Waals surface area (Å²) in [6.45, 7) is 12.8. The van der Waals surface area contributed by atoms with E-state index in [4.69, 9.17) is 19.9 Å². The van der Waals surface area contributed by atoms with Crippen molar-refractivity contribution >= 4 is 24.3 Å². The molecule has 1 aliphatic heterocycles. The molecule has 7 heteroatoms. The second kappa shape index (κ2) is 13.4. The number of aryl methyl sites for hydroxylation is 4. The van der Waals surface area contributed by atoms with E-state index in [-0.39, 0.29) is 5.75 Å². The molecule has 1 atom stereocenters. The van der Waals surface area contributed by atoms with E-state index in [1.807, 2.05) is 39.0 Å². The van der Waals surface area contributed by atoms with Gasteiger partial charge in [-0.05, 0) is 97.7 Å². The Morgan fingerprint density at radius 3 is 2.37 bits per heavy atom. The van der Waals surface area contributed by atoms with Crippen LogP contribution in [-0.4, -0.2) is 24.4 Å². The van der Waals surface area contributed by atoms with Gasteiger partial charge in [0.1, 0.15) is 11.6 Å². The van der Waals surface area contributed by atoms with Crippen LogP contribution in [0.1, 0.15) is 83.1 Å². The monoisotopic (exact) mass is 579 g/mol. The van der Waals surface area contributed by atoms with Crippen molar-refractivity contribution in [3.05, 3.63) is 81.2 Å². The van der Waals surface area contributed by atoms with Crippen LogP contribution in [0.2, 0.25) is 0 Å². The number of carbonyl (C=O) groups is 1. The van der Waals surface area contributed by atoms with Gasteiger partial charge in [-0.2, -0.15) is 12.6 Å². The summed E-state index contributed by atoms with van der Waals surface area (Å²) < 4.78 is 32.0. The summed E-state index contributed by atoms with van der Waals surface area (Å²) in [5.74, 6) is -0.306. The molecular formula is C34H42FNO4S. The van der Waals surface area contributed by atoms with Gasteiger partial charge in [-0.3, -0.25) is 0 Å². The largest absolute Gasteiger partial charge is 0.423 e. The number of halogens is 1. The summed E-state index contributed by atoms with van der Waals surface area (Å²) in [5, 5.41) is 0.411. The highest BCUT2D eigenvalue weighted by molar-refractivity contribution is 7.80. The van der Waals surface area contributed by atoms with E-state index >= 15 is 0 Å². The molecule has 3 aromatic rings. The Labute approximate surface area is 249 Å². The van der Waals surface area contributed by atoms with Crippen molar-refractivity contribution < 1.29 is 23.4 Å². The number of thiol groups is 1. The van der Waals surface area contributed by atoms with Gasteiger partial charge in [-0.15, -0.1) is 0 Å². The zero-order chi connectivity index (χ0) is 29.8. The zero-order valence-corrected chi connectivity index (χ0v) is 25.9. The Morgan fingerprint density at radius 2 is 1.76 bits per heavy atom. The van der Waals surface area contributed by atoms with E-state index in [1.165, 1.54) is 6.07 Å². The molecule has 4 rings (SSSR count). The number of anilines is 1. The number of rotatable bonds is 9. The van der Waals surface area contributed by atoms with Crippen LogP contribution in [0.5, 0.6) is 5.75 Å². The number of ether oxygens (including phenoxy) is 3. The first-order chi connectivity index (χ1) is 19.5. The molecule has 1 unspecified atom stereocenters. The number of benzene rings is 3. The Bertz CT molecular complexity index is 1370. The third kappa shape index (κ3) is 7.32. The minimum atomic E-state index is -0.501. The summed E-state index contributed by atoms with van der Waals surface area (Å²) in [6, 6.07) is 10.9. The van der Waals surface area contributed by atoms with Crippen molar-refractivity contribution in [1.82, 2.24) is 0 Å². The van der Waals surface area contributed by atoms with Crippen LogP contribution in [0.25, 0.3) is 11.1 Å². The van der Waals surface area contributed by atoms with Crippen LogP contribution in [0.3, 0.4) is 0 Å². The molecule has 0 spiro atoms. The number of nitrogen functional groups attached to an aromatic ring is 1. The van der Waals surface area contributed by atoms with E-state index in [1.54, 1.807) is 19.9 Å². The fourth-order valence-corrected chi connectivity index (χ4v) is 5.74. The quantitative estimate of drug-likeness (QED) is 0.116. The summed E-state index contributed by atoms with van der Waals surface area (Å²) in [4.78, 5) is 13.2. The Morgan fingerprint density at radius 1 is 1.05 bits per heavy atom. The number of hydrogen-bond donors (Lipinski definition) is 2. The van der Waals surface area contributed by atoms with Gasteiger partial charge in [-0.1, -0.05) is 38.5 Å². The highest BCUT2D eigenvalue weighted by atomic mass is 32.1. The standard InChI is InChI=1S/C34H42FNO4S/c1-7-25-14-26(11-21(4)32(25)33(37)40-28-13-19(2)23(6)29(35)16-28)31-20(3)12-27(15-30(31)36)34-38-17-24(18-39-34)10-8-9-22(5)41/h11-16,22,24,34,41H,7-10,17-18,36H2,1-6H3. The smallest absolute Gasteiger partial charge is 0.344 e. The lowest BCUT2D eigenvalue weighted by Crippen LogP contribution is -2.27. The van der Waals surface area contributed by atoms with Gasteiger partial charge >= 0.3 is 5.97 Å². The summed E-state index contributed by atoms with van der Waals surface area (Å²) >= 11 is 4.46. The van der Waals surface area contributed by atoms with Gasteiger partial charge in [0.2, 0.25) is 0 Å². The van der Waals surface area contributed by atoms with Gasteiger partial charge in [0, 0.05) is 28.8 Å². The maximum absolute atomic E-state index is 14.2. The molecule has 0 saturated carbocycles. The first-order valence-corrected chi connectivity index (χ1v) is 14.9. The van der Waals surface area contributed by atoms with Crippen molar-refractivity contribution in [2.24, 2.45) is 5.92 Å².